The van der Waals surface area contributed by atoms with Crippen molar-refractivity contribution in [2.24, 2.45) is 0 Å². The zero-order valence-electron chi connectivity index (χ0n) is 9.00. The van der Waals surface area contributed by atoms with E-state index in [1.54, 1.807) is 6.20 Å². The van der Waals surface area contributed by atoms with Crippen molar-refractivity contribution in [3.8, 4) is 0 Å². The molecule has 1 aromatic rings. The number of rotatable bonds is 2. The number of aromatic nitrogens is 1. The molecule has 0 atom stereocenters. The van der Waals surface area contributed by atoms with Gasteiger partial charge in [0, 0.05) is 6.20 Å². The molecule has 1 amide bonds. The van der Waals surface area contributed by atoms with Crippen LogP contribution in [0.3, 0.4) is 0 Å². The van der Waals surface area contributed by atoms with Crippen LogP contribution in [-0.4, -0.2) is 16.4 Å². The summed E-state index contributed by atoms with van der Waals surface area (Å²) < 4.78 is 0. The molecule has 0 unspecified atom stereocenters. The van der Waals surface area contributed by atoms with E-state index in [2.05, 4.69) is 15.6 Å². The van der Waals surface area contributed by atoms with Gasteiger partial charge in [0.25, 0.3) is 0 Å². The van der Waals surface area contributed by atoms with Crippen molar-refractivity contribution in [1.82, 2.24) is 4.98 Å². The summed E-state index contributed by atoms with van der Waals surface area (Å²) in [6.45, 7) is 4.01. The molecule has 80 valence electrons. The standard InChI is InChI=1S/C11H15N3O/c1-3-11(4-2)10(15)13-8-6-5-7-12-9(8)14-11/h5-7H,3-4H2,1-2H3,(H,12,14)(H,13,15). The van der Waals surface area contributed by atoms with E-state index in [4.69, 9.17) is 0 Å². The van der Waals surface area contributed by atoms with Crippen LogP contribution in [0.1, 0.15) is 26.7 Å². The monoisotopic (exact) mass is 205 g/mol. The first-order chi connectivity index (χ1) is 7.22. The highest BCUT2D eigenvalue weighted by Gasteiger charge is 2.39. The van der Waals surface area contributed by atoms with Crippen LogP contribution in [0.15, 0.2) is 18.3 Å². The van der Waals surface area contributed by atoms with Gasteiger partial charge in [0.1, 0.15) is 5.54 Å². The Kier molecular flexibility index (Phi) is 2.34. The third-order valence-electron chi connectivity index (χ3n) is 3.06. The normalized spacial score (nSPS) is 17.6. The average molecular weight is 205 g/mol. The van der Waals surface area contributed by atoms with E-state index in [9.17, 15) is 4.79 Å². The molecule has 1 aliphatic rings. The van der Waals surface area contributed by atoms with Crippen molar-refractivity contribution in [3.63, 3.8) is 0 Å². The third-order valence-corrected chi connectivity index (χ3v) is 3.06. The van der Waals surface area contributed by atoms with Gasteiger partial charge in [0.15, 0.2) is 5.82 Å². The van der Waals surface area contributed by atoms with Crippen LogP contribution in [0, 0.1) is 0 Å². The number of hydrogen-bond acceptors (Lipinski definition) is 3. The van der Waals surface area contributed by atoms with Crippen LogP contribution in [0.5, 0.6) is 0 Å². The van der Waals surface area contributed by atoms with Gasteiger partial charge >= 0.3 is 0 Å². The SMILES string of the molecule is CCC1(CC)Nc2ncccc2NC1=O. The third kappa shape index (κ3) is 1.46. The number of fused-ring (bicyclic) bond motifs is 1. The Morgan fingerprint density at radius 2 is 2.13 bits per heavy atom. The van der Waals surface area contributed by atoms with Gasteiger partial charge in [-0.2, -0.15) is 0 Å². The van der Waals surface area contributed by atoms with E-state index >= 15 is 0 Å². The Morgan fingerprint density at radius 1 is 1.40 bits per heavy atom. The second-order valence-electron chi connectivity index (χ2n) is 3.77. The lowest BCUT2D eigenvalue weighted by Gasteiger charge is -2.36. The quantitative estimate of drug-likeness (QED) is 0.776. The van der Waals surface area contributed by atoms with Crippen LogP contribution in [0.4, 0.5) is 11.5 Å². The van der Waals surface area contributed by atoms with E-state index in [0.717, 1.165) is 24.3 Å². The first kappa shape index (κ1) is 9.96. The minimum atomic E-state index is -0.499. The van der Waals surface area contributed by atoms with Gasteiger partial charge in [-0.15, -0.1) is 0 Å². The molecule has 4 nitrogen and oxygen atoms in total. The second-order valence-corrected chi connectivity index (χ2v) is 3.77. The lowest BCUT2D eigenvalue weighted by Crippen LogP contribution is -2.51. The van der Waals surface area contributed by atoms with Gasteiger partial charge in [-0.1, -0.05) is 13.8 Å². The van der Waals surface area contributed by atoms with Crippen molar-refractivity contribution >= 4 is 17.4 Å². The molecule has 15 heavy (non-hydrogen) atoms. The van der Waals surface area contributed by atoms with Crippen molar-refractivity contribution < 1.29 is 4.79 Å². The zero-order chi connectivity index (χ0) is 10.9. The molecule has 2 rings (SSSR count). The molecule has 0 saturated carbocycles. The molecule has 4 heteroatoms. The highest BCUT2D eigenvalue weighted by atomic mass is 16.2. The predicted molar refractivity (Wildman–Crippen MR) is 59.8 cm³/mol. The Labute approximate surface area is 89.1 Å². The Bertz CT molecular complexity index is 385. The summed E-state index contributed by atoms with van der Waals surface area (Å²) >= 11 is 0. The molecular formula is C11H15N3O. The minimum absolute atomic E-state index is 0.0352. The van der Waals surface area contributed by atoms with Gasteiger partial charge in [-0.05, 0) is 25.0 Å². The number of pyridine rings is 1. The number of nitrogens with one attached hydrogen (secondary N) is 2. The zero-order valence-corrected chi connectivity index (χ0v) is 9.00. The number of amides is 1. The number of carbonyl (C=O) groups excluding carboxylic acids is 1. The molecule has 0 aliphatic carbocycles. The van der Waals surface area contributed by atoms with Crippen molar-refractivity contribution in [3.05, 3.63) is 18.3 Å². The molecule has 0 saturated heterocycles. The highest BCUT2D eigenvalue weighted by Crippen LogP contribution is 2.32. The van der Waals surface area contributed by atoms with Gasteiger partial charge in [-0.3, -0.25) is 4.79 Å². The van der Waals surface area contributed by atoms with Crippen LogP contribution in [0.25, 0.3) is 0 Å². The van der Waals surface area contributed by atoms with Gasteiger partial charge in [-0.25, -0.2) is 4.98 Å². The summed E-state index contributed by atoms with van der Waals surface area (Å²) in [4.78, 5) is 16.2. The number of nitrogens with zero attached hydrogens (tertiary/aromatic N) is 1. The van der Waals surface area contributed by atoms with E-state index in [-0.39, 0.29) is 5.91 Å². The van der Waals surface area contributed by atoms with Crippen molar-refractivity contribution in [2.45, 2.75) is 32.2 Å². The average Bonchev–Trinajstić information content (AvgIpc) is 2.28. The van der Waals surface area contributed by atoms with Crippen LogP contribution in [0.2, 0.25) is 0 Å². The first-order valence-electron chi connectivity index (χ1n) is 5.26. The Morgan fingerprint density at radius 3 is 2.80 bits per heavy atom. The number of carbonyl (C=O) groups is 1. The van der Waals surface area contributed by atoms with Crippen LogP contribution < -0.4 is 10.6 Å². The summed E-state index contributed by atoms with van der Waals surface area (Å²) in [6, 6.07) is 3.66. The van der Waals surface area contributed by atoms with Crippen molar-refractivity contribution in [1.29, 1.82) is 0 Å². The Hall–Kier alpha value is -1.58. The summed E-state index contributed by atoms with van der Waals surface area (Å²) in [5.74, 6) is 0.800. The van der Waals surface area contributed by atoms with Gasteiger partial charge < -0.3 is 10.6 Å². The second kappa shape index (κ2) is 3.53. The summed E-state index contributed by atoms with van der Waals surface area (Å²) in [6.07, 6.45) is 3.23. The summed E-state index contributed by atoms with van der Waals surface area (Å²) in [5.41, 5.74) is 0.265. The highest BCUT2D eigenvalue weighted by molar-refractivity contribution is 6.05. The predicted octanol–water partition coefficient (Wildman–Crippen LogP) is 2.00. The fourth-order valence-corrected chi connectivity index (χ4v) is 1.88. The Balaban J connectivity index is 2.41. The minimum Gasteiger partial charge on any atom is -0.354 e. The lowest BCUT2D eigenvalue weighted by atomic mass is 9.90. The van der Waals surface area contributed by atoms with Crippen LogP contribution in [-0.2, 0) is 4.79 Å². The van der Waals surface area contributed by atoms with Crippen molar-refractivity contribution in [2.75, 3.05) is 10.6 Å². The maximum absolute atomic E-state index is 11.9. The van der Waals surface area contributed by atoms with E-state index in [1.807, 2.05) is 26.0 Å². The molecule has 1 aromatic heterocycles. The molecule has 0 aromatic carbocycles. The van der Waals surface area contributed by atoms with E-state index < -0.39 is 5.54 Å². The first-order valence-corrected chi connectivity index (χ1v) is 5.26. The lowest BCUT2D eigenvalue weighted by molar-refractivity contribution is -0.120. The fraction of sp³-hybridized carbons (Fsp3) is 0.455. The molecular weight excluding hydrogens is 190 g/mol. The maximum atomic E-state index is 11.9. The number of hydrogen-bond donors (Lipinski definition) is 2. The summed E-state index contributed by atoms with van der Waals surface area (Å²) in [7, 11) is 0. The molecule has 0 fully saturated rings. The molecule has 0 radical (unpaired) electrons. The molecule has 2 N–H and O–H groups in total. The van der Waals surface area contributed by atoms with Gasteiger partial charge in [0.2, 0.25) is 5.91 Å². The smallest absolute Gasteiger partial charge is 0.250 e. The largest absolute Gasteiger partial charge is 0.354 e. The fourth-order valence-electron chi connectivity index (χ4n) is 1.88. The maximum Gasteiger partial charge on any atom is 0.250 e. The van der Waals surface area contributed by atoms with E-state index in [0.29, 0.717) is 0 Å². The topological polar surface area (TPSA) is 54.0 Å². The summed E-state index contributed by atoms with van der Waals surface area (Å²) in [5, 5.41) is 6.13. The molecule has 1 aliphatic heterocycles. The van der Waals surface area contributed by atoms with Crippen LogP contribution >= 0.6 is 0 Å². The molecule has 0 bridgehead atoms. The van der Waals surface area contributed by atoms with E-state index in [1.165, 1.54) is 0 Å². The molecule has 0 spiro atoms. The number of anilines is 2. The molecule has 2 heterocycles. The van der Waals surface area contributed by atoms with Gasteiger partial charge in [0.05, 0.1) is 5.69 Å².